The lowest BCUT2D eigenvalue weighted by molar-refractivity contribution is 0.931. The van der Waals surface area contributed by atoms with Crippen molar-refractivity contribution < 1.29 is 0 Å². The summed E-state index contributed by atoms with van der Waals surface area (Å²) < 4.78 is 1.38. The molecule has 0 aromatic carbocycles. The number of fused-ring (bicyclic) bond motifs is 3. The normalized spacial score (nSPS) is 14.4. The first-order chi connectivity index (χ1) is 7.65. The van der Waals surface area contributed by atoms with E-state index >= 15 is 0 Å². The number of anilines is 1. The van der Waals surface area contributed by atoms with Gasteiger partial charge in [0.25, 0.3) is 0 Å². The van der Waals surface area contributed by atoms with Crippen molar-refractivity contribution in [2.45, 2.75) is 13.3 Å². The zero-order valence-corrected chi connectivity index (χ0v) is 8.64. The summed E-state index contributed by atoms with van der Waals surface area (Å²) in [6.45, 7) is 2.02. The van der Waals surface area contributed by atoms with Crippen molar-refractivity contribution in [1.29, 1.82) is 0 Å². The van der Waals surface area contributed by atoms with E-state index in [9.17, 15) is 4.79 Å². The van der Waals surface area contributed by atoms with Crippen LogP contribution in [0.5, 0.6) is 0 Å². The van der Waals surface area contributed by atoms with Crippen molar-refractivity contribution in [1.82, 2.24) is 19.4 Å². The zero-order valence-electron chi connectivity index (χ0n) is 8.64. The zero-order chi connectivity index (χ0) is 11.3. The molecule has 0 spiro atoms. The van der Waals surface area contributed by atoms with Crippen molar-refractivity contribution in [3.63, 3.8) is 0 Å². The van der Waals surface area contributed by atoms with E-state index in [1.807, 2.05) is 19.1 Å². The standard InChI is InChI=1S/C10H9N5O/c1-5-2-3-7-6(4-5)12-9-13-8(11)14-10(16)15(7)9/h2-3H,4H2,1H3,(H2,11,14,16). The Morgan fingerprint density at radius 1 is 1.31 bits per heavy atom. The molecule has 2 N–H and O–H groups in total. The second-order valence-corrected chi connectivity index (χ2v) is 3.80. The van der Waals surface area contributed by atoms with Crippen LogP contribution in [0.3, 0.4) is 0 Å². The Hall–Kier alpha value is -2.24. The second-order valence-electron chi connectivity index (χ2n) is 3.80. The van der Waals surface area contributed by atoms with E-state index in [2.05, 4.69) is 15.0 Å². The Balaban J connectivity index is 2.50. The molecule has 2 aromatic rings. The highest BCUT2D eigenvalue weighted by molar-refractivity contribution is 5.48. The molecule has 1 aliphatic rings. The van der Waals surface area contributed by atoms with E-state index in [1.54, 1.807) is 0 Å². The molecule has 0 saturated heterocycles. The molecule has 0 amide bonds. The Bertz CT molecular complexity index is 728. The molecule has 1 aliphatic carbocycles. The van der Waals surface area contributed by atoms with Crippen molar-refractivity contribution in [2.24, 2.45) is 0 Å². The number of nitrogen functional groups attached to an aromatic ring is 1. The third-order valence-electron chi connectivity index (χ3n) is 2.56. The summed E-state index contributed by atoms with van der Waals surface area (Å²) in [5, 5.41) is 0.755. The van der Waals surface area contributed by atoms with Crippen LogP contribution in [0.15, 0.2) is 16.4 Å². The minimum Gasteiger partial charge on any atom is -0.368 e. The Labute approximate surface area is 90.1 Å². The van der Waals surface area contributed by atoms with Gasteiger partial charge in [-0.05, 0) is 13.0 Å². The molecule has 2 aromatic heterocycles. The molecule has 0 atom stereocenters. The predicted octanol–water partition coefficient (Wildman–Crippen LogP) is -0.932. The van der Waals surface area contributed by atoms with Gasteiger partial charge in [0.15, 0.2) is 0 Å². The number of aromatic nitrogens is 4. The highest BCUT2D eigenvalue weighted by atomic mass is 16.1. The van der Waals surface area contributed by atoms with Crippen LogP contribution in [-0.4, -0.2) is 19.4 Å². The number of rotatable bonds is 0. The average Bonchev–Trinajstić information content (AvgIpc) is 2.54. The van der Waals surface area contributed by atoms with Crippen molar-refractivity contribution in [2.75, 3.05) is 5.73 Å². The molecule has 0 unspecified atom stereocenters. The Morgan fingerprint density at radius 3 is 2.94 bits per heavy atom. The predicted molar refractivity (Wildman–Crippen MR) is 58.6 cm³/mol. The maximum atomic E-state index is 11.7. The molecule has 0 radical (unpaired) electrons. The first-order valence-electron chi connectivity index (χ1n) is 4.87. The fourth-order valence-electron chi connectivity index (χ4n) is 1.85. The maximum absolute atomic E-state index is 11.7. The van der Waals surface area contributed by atoms with Gasteiger partial charge in [-0.15, -0.1) is 0 Å². The number of nitrogens with two attached hydrogens (primary N) is 1. The van der Waals surface area contributed by atoms with Gasteiger partial charge < -0.3 is 5.73 Å². The number of nitrogens with zero attached hydrogens (tertiary/aromatic N) is 4. The largest absolute Gasteiger partial charge is 0.368 e. The molecular formula is C10H9N5O. The third kappa shape index (κ3) is 1.13. The van der Waals surface area contributed by atoms with Gasteiger partial charge in [0.1, 0.15) is 0 Å². The van der Waals surface area contributed by atoms with Gasteiger partial charge in [0.2, 0.25) is 11.7 Å². The van der Waals surface area contributed by atoms with Crippen molar-refractivity contribution >= 4 is 17.8 Å². The maximum Gasteiger partial charge on any atom is 0.358 e. The van der Waals surface area contributed by atoms with Crippen molar-refractivity contribution in [3.05, 3.63) is 33.2 Å². The molecule has 16 heavy (non-hydrogen) atoms. The van der Waals surface area contributed by atoms with Gasteiger partial charge in [-0.2, -0.15) is 9.97 Å². The smallest absolute Gasteiger partial charge is 0.358 e. The fourth-order valence-corrected chi connectivity index (χ4v) is 1.85. The van der Waals surface area contributed by atoms with E-state index in [-0.39, 0.29) is 5.95 Å². The number of hydrogen-bond donors (Lipinski definition) is 1. The van der Waals surface area contributed by atoms with Gasteiger partial charge in [-0.1, -0.05) is 11.6 Å². The molecule has 6 nitrogen and oxygen atoms in total. The lowest BCUT2D eigenvalue weighted by Gasteiger charge is -2.00. The van der Waals surface area contributed by atoms with Crippen LogP contribution in [0.2, 0.25) is 0 Å². The Morgan fingerprint density at radius 2 is 2.12 bits per heavy atom. The summed E-state index contributed by atoms with van der Waals surface area (Å²) in [5.74, 6) is 0.284. The van der Waals surface area contributed by atoms with Crippen LogP contribution in [0.1, 0.15) is 12.6 Å². The van der Waals surface area contributed by atoms with Crippen LogP contribution in [0, 0.1) is 0 Å². The molecule has 0 bridgehead atoms. The second kappa shape index (κ2) is 2.88. The average molecular weight is 215 g/mol. The Kier molecular flexibility index (Phi) is 1.62. The van der Waals surface area contributed by atoms with Gasteiger partial charge in [0, 0.05) is 6.42 Å². The van der Waals surface area contributed by atoms with E-state index in [4.69, 9.17) is 5.73 Å². The minimum atomic E-state index is -0.430. The van der Waals surface area contributed by atoms with Crippen LogP contribution >= 0.6 is 0 Å². The third-order valence-corrected chi connectivity index (χ3v) is 2.56. The molecule has 3 rings (SSSR count). The minimum absolute atomic E-state index is 0.0375. The topological polar surface area (TPSA) is 86.2 Å². The van der Waals surface area contributed by atoms with Crippen LogP contribution in [0.4, 0.5) is 5.95 Å². The summed E-state index contributed by atoms with van der Waals surface area (Å²) in [7, 11) is 0. The summed E-state index contributed by atoms with van der Waals surface area (Å²) in [4.78, 5) is 23.5. The van der Waals surface area contributed by atoms with Crippen LogP contribution in [-0.2, 0) is 6.42 Å². The number of imidazole rings is 1. The summed E-state index contributed by atoms with van der Waals surface area (Å²) in [6.07, 6.45) is 4.55. The molecule has 80 valence electrons. The molecule has 0 saturated carbocycles. The SMILES string of the molecule is CC1=CC=c2c(nc3nc(N)nc(=O)n23)C1. The first-order valence-corrected chi connectivity index (χ1v) is 4.87. The van der Waals surface area contributed by atoms with Gasteiger partial charge in [0.05, 0.1) is 11.0 Å². The van der Waals surface area contributed by atoms with Gasteiger partial charge >= 0.3 is 5.69 Å². The molecule has 0 aliphatic heterocycles. The molecule has 0 fully saturated rings. The lowest BCUT2D eigenvalue weighted by Crippen LogP contribution is -2.29. The highest BCUT2D eigenvalue weighted by Gasteiger charge is 2.13. The molecular weight excluding hydrogens is 206 g/mol. The number of allylic oxidation sites excluding steroid dienone is 2. The van der Waals surface area contributed by atoms with Crippen molar-refractivity contribution in [3.8, 4) is 0 Å². The summed E-state index contributed by atoms with van der Waals surface area (Å²) in [6, 6.07) is 0. The monoisotopic (exact) mass is 215 g/mol. The van der Waals surface area contributed by atoms with Gasteiger partial charge in [-0.3, -0.25) is 0 Å². The highest BCUT2D eigenvalue weighted by Crippen LogP contribution is 2.07. The summed E-state index contributed by atoms with van der Waals surface area (Å²) >= 11 is 0. The fraction of sp³-hybridized carbons (Fsp3) is 0.200. The molecule has 6 heteroatoms. The first kappa shape index (κ1) is 9.02. The molecule has 2 heterocycles. The van der Waals surface area contributed by atoms with E-state index in [0.29, 0.717) is 5.78 Å². The quantitative estimate of drug-likeness (QED) is 0.613. The summed E-state index contributed by atoms with van der Waals surface area (Å²) in [5.41, 5.74) is 7.02. The van der Waals surface area contributed by atoms with Crippen LogP contribution in [0.25, 0.3) is 11.9 Å². The number of hydrogen-bond acceptors (Lipinski definition) is 5. The van der Waals surface area contributed by atoms with Crippen LogP contribution < -0.4 is 16.8 Å². The van der Waals surface area contributed by atoms with E-state index in [0.717, 1.165) is 17.5 Å². The van der Waals surface area contributed by atoms with E-state index < -0.39 is 5.69 Å². The van der Waals surface area contributed by atoms with Gasteiger partial charge in [-0.25, -0.2) is 14.2 Å². The van der Waals surface area contributed by atoms with E-state index in [1.165, 1.54) is 9.97 Å². The lowest BCUT2D eigenvalue weighted by atomic mass is 10.1.